The third-order valence-corrected chi connectivity index (χ3v) is 3.15. The van der Waals surface area contributed by atoms with Gasteiger partial charge in [-0.25, -0.2) is 4.98 Å². The minimum Gasteiger partial charge on any atom is -0.378 e. The van der Waals surface area contributed by atoms with E-state index >= 15 is 0 Å². The molecule has 1 N–H and O–H groups in total. The molecule has 100 valence electrons. The lowest BCUT2D eigenvalue weighted by Gasteiger charge is -2.32. The van der Waals surface area contributed by atoms with Gasteiger partial charge in [0.05, 0.1) is 18.5 Å². The quantitative estimate of drug-likeness (QED) is 0.865. The van der Waals surface area contributed by atoms with Crippen LogP contribution in [0.15, 0.2) is 12.4 Å². The van der Waals surface area contributed by atoms with Crippen LogP contribution in [0.4, 0.5) is 11.6 Å². The van der Waals surface area contributed by atoms with Gasteiger partial charge >= 0.3 is 0 Å². The van der Waals surface area contributed by atoms with Crippen LogP contribution in [-0.2, 0) is 4.74 Å². The molecule has 2 heterocycles. The molecule has 0 radical (unpaired) electrons. The average molecular weight is 250 g/mol. The van der Waals surface area contributed by atoms with E-state index in [1.165, 1.54) is 0 Å². The van der Waals surface area contributed by atoms with Gasteiger partial charge in [-0.15, -0.1) is 0 Å². The van der Waals surface area contributed by atoms with Gasteiger partial charge in [0.2, 0.25) is 0 Å². The molecule has 1 aliphatic rings. The number of hydrogen-bond donors (Lipinski definition) is 1. The Morgan fingerprint density at radius 3 is 2.78 bits per heavy atom. The van der Waals surface area contributed by atoms with Gasteiger partial charge < -0.3 is 15.0 Å². The zero-order valence-corrected chi connectivity index (χ0v) is 11.2. The molecule has 0 atom stereocenters. The van der Waals surface area contributed by atoms with Crippen LogP contribution in [0.5, 0.6) is 0 Å². The number of rotatable bonds is 5. The molecular weight excluding hydrogens is 228 g/mol. The first-order valence-corrected chi connectivity index (χ1v) is 6.76. The summed E-state index contributed by atoms with van der Waals surface area (Å²) >= 11 is 0. The molecule has 0 spiro atoms. The summed E-state index contributed by atoms with van der Waals surface area (Å²) in [6.45, 7) is 7.77. The summed E-state index contributed by atoms with van der Waals surface area (Å²) in [7, 11) is 0. The third kappa shape index (κ3) is 3.32. The summed E-state index contributed by atoms with van der Waals surface area (Å²) < 4.78 is 5.65. The van der Waals surface area contributed by atoms with E-state index in [1.807, 2.05) is 6.20 Å². The van der Waals surface area contributed by atoms with Crippen LogP contribution in [0.3, 0.4) is 0 Å². The number of aromatic nitrogens is 2. The van der Waals surface area contributed by atoms with Gasteiger partial charge in [0.25, 0.3) is 0 Å². The van der Waals surface area contributed by atoms with E-state index in [9.17, 15) is 0 Å². The summed E-state index contributed by atoms with van der Waals surface area (Å²) in [5.41, 5.74) is 0. The average Bonchev–Trinajstić information content (AvgIpc) is 2.41. The van der Waals surface area contributed by atoms with Gasteiger partial charge in [-0.3, -0.25) is 4.98 Å². The maximum Gasteiger partial charge on any atom is 0.149 e. The Kier molecular flexibility index (Phi) is 4.75. The van der Waals surface area contributed by atoms with E-state index in [0.29, 0.717) is 6.10 Å². The van der Waals surface area contributed by atoms with Gasteiger partial charge in [-0.1, -0.05) is 0 Å². The summed E-state index contributed by atoms with van der Waals surface area (Å²) in [5, 5.41) is 3.19. The lowest BCUT2D eigenvalue weighted by Crippen LogP contribution is -2.37. The van der Waals surface area contributed by atoms with Crippen LogP contribution in [0.25, 0.3) is 0 Å². The Balaban J connectivity index is 1.94. The summed E-state index contributed by atoms with van der Waals surface area (Å²) in [5.74, 6) is 1.81. The van der Waals surface area contributed by atoms with Crippen LogP contribution in [-0.4, -0.2) is 42.3 Å². The second-order valence-electron chi connectivity index (χ2n) is 4.43. The molecule has 18 heavy (non-hydrogen) atoms. The number of hydrogen-bond acceptors (Lipinski definition) is 5. The maximum absolute atomic E-state index is 5.65. The fraction of sp³-hybridized carbons (Fsp3) is 0.692. The summed E-state index contributed by atoms with van der Waals surface area (Å²) in [6, 6.07) is 0. The van der Waals surface area contributed by atoms with Crippen molar-refractivity contribution in [2.45, 2.75) is 32.8 Å². The minimum atomic E-state index is 0.413. The zero-order valence-electron chi connectivity index (χ0n) is 11.2. The monoisotopic (exact) mass is 250 g/mol. The summed E-state index contributed by atoms with van der Waals surface area (Å²) in [6.07, 6.45) is 6.15. The molecule has 1 aromatic rings. The Morgan fingerprint density at radius 1 is 1.33 bits per heavy atom. The fourth-order valence-corrected chi connectivity index (χ4v) is 2.26. The van der Waals surface area contributed by atoms with E-state index in [-0.39, 0.29) is 0 Å². The lowest BCUT2D eigenvalue weighted by atomic mass is 10.1. The van der Waals surface area contributed by atoms with Crippen molar-refractivity contribution in [3.05, 3.63) is 12.4 Å². The molecule has 5 heteroatoms. The molecule has 0 bridgehead atoms. The molecule has 0 aromatic carbocycles. The normalized spacial score (nSPS) is 16.9. The van der Waals surface area contributed by atoms with Crippen LogP contribution in [0.2, 0.25) is 0 Å². The number of ether oxygens (including phenoxy) is 1. The second kappa shape index (κ2) is 6.54. The molecule has 0 amide bonds. The van der Waals surface area contributed by atoms with E-state index < -0.39 is 0 Å². The first-order chi connectivity index (χ1) is 8.83. The van der Waals surface area contributed by atoms with Crippen molar-refractivity contribution in [1.82, 2.24) is 9.97 Å². The standard InChI is InChI=1S/C13H22N4O/c1-3-15-12-9-14-10-13(16-12)17-7-5-11(6-8-17)18-4-2/h9-11H,3-8H2,1-2H3,(H,15,16). The Labute approximate surface area is 109 Å². The highest BCUT2D eigenvalue weighted by molar-refractivity contribution is 5.44. The van der Waals surface area contributed by atoms with E-state index in [1.54, 1.807) is 6.20 Å². The van der Waals surface area contributed by atoms with Gasteiger partial charge in [-0.2, -0.15) is 0 Å². The molecule has 1 fully saturated rings. The fourth-order valence-electron chi connectivity index (χ4n) is 2.26. The molecule has 0 aliphatic carbocycles. The zero-order chi connectivity index (χ0) is 12.8. The Hall–Kier alpha value is -1.36. The van der Waals surface area contributed by atoms with Crippen LogP contribution < -0.4 is 10.2 Å². The highest BCUT2D eigenvalue weighted by Gasteiger charge is 2.20. The molecule has 1 aromatic heterocycles. The molecule has 0 unspecified atom stereocenters. The van der Waals surface area contributed by atoms with E-state index in [4.69, 9.17) is 4.74 Å². The van der Waals surface area contributed by atoms with Crippen molar-refractivity contribution in [2.75, 3.05) is 36.5 Å². The largest absolute Gasteiger partial charge is 0.378 e. The topological polar surface area (TPSA) is 50.3 Å². The van der Waals surface area contributed by atoms with Crippen molar-refractivity contribution < 1.29 is 4.74 Å². The molecule has 1 saturated heterocycles. The van der Waals surface area contributed by atoms with Crippen molar-refractivity contribution >= 4 is 11.6 Å². The Morgan fingerprint density at radius 2 is 2.11 bits per heavy atom. The highest BCUT2D eigenvalue weighted by Crippen LogP contribution is 2.20. The summed E-state index contributed by atoms with van der Waals surface area (Å²) in [4.78, 5) is 11.1. The van der Waals surface area contributed by atoms with Crippen LogP contribution in [0.1, 0.15) is 26.7 Å². The highest BCUT2D eigenvalue weighted by atomic mass is 16.5. The Bertz CT molecular complexity index is 364. The van der Waals surface area contributed by atoms with Gasteiger partial charge in [0.1, 0.15) is 11.6 Å². The van der Waals surface area contributed by atoms with E-state index in [2.05, 4.69) is 34.0 Å². The van der Waals surface area contributed by atoms with Crippen molar-refractivity contribution in [3.63, 3.8) is 0 Å². The first-order valence-electron chi connectivity index (χ1n) is 6.76. The van der Waals surface area contributed by atoms with Crippen LogP contribution >= 0.6 is 0 Å². The molecule has 2 rings (SSSR count). The number of piperidine rings is 1. The van der Waals surface area contributed by atoms with Gasteiger partial charge in [0.15, 0.2) is 0 Å². The molecule has 1 aliphatic heterocycles. The predicted octanol–water partition coefficient (Wildman–Crippen LogP) is 1.91. The number of nitrogens with zero attached hydrogens (tertiary/aromatic N) is 3. The van der Waals surface area contributed by atoms with Crippen LogP contribution in [0, 0.1) is 0 Å². The smallest absolute Gasteiger partial charge is 0.149 e. The number of nitrogens with one attached hydrogen (secondary N) is 1. The molecule has 5 nitrogen and oxygen atoms in total. The van der Waals surface area contributed by atoms with Crippen molar-refractivity contribution in [3.8, 4) is 0 Å². The third-order valence-electron chi connectivity index (χ3n) is 3.15. The van der Waals surface area contributed by atoms with Gasteiger partial charge in [-0.05, 0) is 26.7 Å². The second-order valence-corrected chi connectivity index (χ2v) is 4.43. The predicted molar refractivity (Wildman–Crippen MR) is 73.1 cm³/mol. The minimum absolute atomic E-state index is 0.413. The lowest BCUT2D eigenvalue weighted by molar-refractivity contribution is 0.0458. The van der Waals surface area contributed by atoms with Gasteiger partial charge in [0, 0.05) is 26.2 Å². The SMILES string of the molecule is CCNc1cncc(N2CCC(OCC)CC2)n1. The van der Waals surface area contributed by atoms with Crippen molar-refractivity contribution in [2.24, 2.45) is 0 Å². The first kappa shape index (κ1) is 13.1. The number of anilines is 2. The molecule has 0 saturated carbocycles. The molecular formula is C13H22N4O. The maximum atomic E-state index is 5.65. The van der Waals surface area contributed by atoms with E-state index in [0.717, 1.165) is 50.7 Å². The van der Waals surface area contributed by atoms with Crippen molar-refractivity contribution in [1.29, 1.82) is 0 Å².